The summed E-state index contributed by atoms with van der Waals surface area (Å²) in [6.07, 6.45) is 3.65. The SMILES string of the molecule is CCc1cccc(N(c2cccc(-c3cccc(-c4ccccc4CC)c3)c2O)c2cc(C(C)C)c3ccc4c(N(c5cccc(CC)c5)c5cccc6c5oc5c(-c7ccccc7CC)cccc56)cc(C(C)C)c5ccc2c3c54)c1. The van der Waals surface area contributed by atoms with Gasteiger partial charge in [-0.05, 0) is 169 Å². The van der Waals surface area contributed by atoms with Crippen LogP contribution in [0.4, 0.5) is 34.1 Å². The van der Waals surface area contributed by atoms with Gasteiger partial charge in [0.1, 0.15) is 11.3 Å². The van der Waals surface area contributed by atoms with Crippen molar-refractivity contribution in [1.82, 2.24) is 0 Å². The zero-order chi connectivity index (χ0) is 56.3. The van der Waals surface area contributed by atoms with Crippen LogP contribution in [0.1, 0.15) is 101 Å². The van der Waals surface area contributed by atoms with Crippen LogP contribution in [0.25, 0.3) is 87.6 Å². The summed E-state index contributed by atoms with van der Waals surface area (Å²) >= 11 is 0. The van der Waals surface area contributed by atoms with Crippen LogP contribution in [0.3, 0.4) is 0 Å². The van der Waals surface area contributed by atoms with E-state index in [1.807, 2.05) is 0 Å². The van der Waals surface area contributed by atoms with Crippen molar-refractivity contribution in [3.8, 4) is 39.1 Å². The first-order valence-corrected chi connectivity index (χ1v) is 29.7. The Labute approximate surface area is 482 Å². The minimum absolute atomic E-state index is 0.179. The Balaban J connectivity index is 1.09. The molecule has 404 valence electrons. The Bertz CT molecular complexity index is 4560. The molecular formula is C78H70N2O2. The van der Waals surface area contributed by atoms with Gasteiger partial charge >= 0.3 is 0 Å². The second-order valence-corrected chi connectivity index (χ2v) is 22.8. The van der Waals surface area contributed by atoms with Gasteiger partial charge in [0, 0.05) is 44.0 Å². The van der Waals surface area contributed by atoms with E-state index in [1.54, 1.807) is 0 Å². The fourth-order valence-electron chi connectivity index (χ4n) is 13.2. The molecule has 0 spiro atoms. The Morgan fingerprint density at radius 3 is 1.39 bits per heavy atom. The lowest BCUT2D eigenvalue weighted by Gasteiger charge is -2.32. The van der Waals surface area contributed by atoms with Crippen molar-refractivity contribution in [2.24, 2.45) is 0 Å². The van der Waals surface area contributed by atoms with Gasteiger partial charge < -0.3 is 19.3 Å². The molecule has 13 rings (SSSR count). The number of fused-ring (bicyclic) bond motifs is 3. The Morgan fingerprint density at radius 1 is 0.354 bits per heavy atom. The van der Waals surface area contributed by atoms with Crippen molar-refractivity contribution in [2.75, 3.05) is 9.80 Å². The van der Waals surface area contributed by atoms with Gasteiger partial charge in [0.2, 0.25) is 0 Å². The third-order valence-electron chi connectivity index (χ3n) is 17.4. The highest BCUT2D eigenvalue weighted by Crippen LogP contribution is 2.54. The summed E-state index contributed by atoms with van der Waals surface area (Å²) in [5, 5.41) is 22.5. The van der Waals surface area contributed by atoms with Crippen molar-refractivity contribution in [2.45, 2.75) is 92.9 Å². The summed E-state index contributed by atoms with van der Waals surface area (Å²) in [6, 6.07) is 77.8. The van der Waals surface area contributed by atoms with E-state index >= 15 is 0 Å². The van der Waals surface area contributed by atoms with Crippen LogP contribution in [-0.2, 0) is 25.7 Å². The quantitative estimate of drug-likeness (QED) is 0.104. The first-order chi connectivity index (χ1) is 40.1. The summed E-state index contributed by atoms with van der Waals surface area (Å²) in [4.78, 5) is 4.81. The molecule has 0 amide bonds. The third-order valence-corrected chi connectivity index (χ3v) is 17.4. The number of benzene rings is 12. The van der Waals surface area contributed by atoms with Crippen molar-refractivity contribution in [1.29, 1.82) is 0 Å². The molecule has 4 nitrogen and oxygen atoms in total. The van der Waals surface area contributed by atoms with Gasteiger partial charge in [0.15, 0.2) is 5.58 Å². The Hall–Kier alpha value is -9.12. The minimum Gasteiger partial charge on any atom is -0.505 e. The Kier molecular flexibility index (Phi) is 13.6. The van der Waals surface area contributed by atoms with Gasteiger partial charge in [-0.1, -0.05) is 213 Å². The second-order valence-electron chi connectivity index (χ2n) is 22.8. The average Bonchev–Trinajstić information content (AvgIpc) is 3.65. The highest BCUT2D eigenvalue weighted by molar-refractivity contribution is 6.30. The van der Waals surface area contributed by atoms with E-state index in [-0.39, 0.29) is 17.6 Å². The number of phenols is 1. The fraction of sp³-hybridized carbons (Fsp3) is 0.179. The topological polar surface area (TPSA) is 39.9 Å². The van der Waals surface area contributed by atoms with E-state index < -0.39 is 0 Å². The number of anilines is 6. The van der Waals surface area contributed by atoms with Gasteiger partial charge in [-0.25, -0.2) is 0 Å². The summed E-state index contributed by atoms with van der Waals surface area (Å²) in [5.74, 6) is 0.609. The summed E-state index contributed by atoms with van der Waals surface area (Å²) in [6.45, 7) is 18.2. The van der Waals surface area contributed by atoms with Gasteiger partial charge in [-0.15, -0.1) is 0 Å². The number of aryl methyl sites for hydroxylation is 4. The average molecular weight is 1070 g/mol. The number of aromatic hydroxyl groups is 1. The number of furan rings is 1. The van der Waals surface area contributed by atoms with Crippen LogP contribution in [0, 0.1) is 0 Å². The van der Waals surface area contributed by atoms with E-state index in [1.165, 1.54) is 66.1 Å². The number of phenolic OH excluding ortho intramolecular Hbond substituents is 1. The first-order valence-electron chi connectivity index (χ1n) is 29.7. The molecule has 0 aliphatic heterocycles. The van der Waals surface area contributed by atoms with Gasteiger partial charge in [0.25, 0.3) is 0 Å². The molecule has 0 unspecified atom stereocenters. The van der Waals surface area contributed by atoms with Crippen LogP contribution in [-0.4, -0.2) is 5.11 Å². The maximum atomic E-state index is 13.1. The maximum Gasteiger partial charge on any atom is 0.159 e. The molecule has 1 heterocycles. The molecule has 0 saturated heterocycles. The first kappa shape index (κ1) is 52.3. The standard InChI is InChI=1S/C78H70N2O2/c1-9-50-23-17-29-56(43-50)79(70-37-21-33-60(76(70)81)55-28-19-27-54(45-55)58-31-15-13-25-52(58)11-3)72-46-68(48(5)6)61-40-42-67-73(47-69(49(7)8)62-39-41-66(72)74(61)75(62)67)80(57-30-18-24-51(10-2)44-57)71-38-22-36-65-64-35-20-34-63(77(64)82-78(65)71)59-32-16-14-26-53(59)12-4/h13-49,81H,9-12H2,1-8H3. The van der Waals surface area contributed by atoms with Crippen LogP contribution < -0.4 is 9.80 Å². The van der Waals surface area contributed by atoms with Crippen LogP contribution in [0.15, 0.2) is 217 Å². The molecule has 0 saturated carbocycles. The number of hydrogen-bond donors (Lipinski definition) is 1. The predicted octanol–water partition coefficient (Wildman–Crippen LogP) is 22.6. The van der Waals surface area contributed by atoms with E-state index in [0.29, 0.717) is 0 Å². The van der Waals surface area contributed by atoms with Crippen molar-refractivity contribution < 1.29 is 9.52 Å². The number of hydrogen-bond acceptors (Lipinski definition) is 4. The van der Waals surface area contributed by atoms with Gasteiger partial charge in [0.05, 0.1) is 22.7 Å². The van der Waals surface area contributed by atoms with Crippen molar-refractivity contribution in [3.63, 3.8) is 0 Å². The van der Waals surface area contributed by atoms with Crippen LogP contribution in [0.2, 0.25) is 0 Å². The third kappa shape index (κ3) is 8.75. The number of rotatable bonds is 15. The molecule has 0 fully saturated rings. The molecule has 1 N–H and O–H groups in total. The molecule has 0 aliphatic rings. The lowest BCUT2D eigenvalue weighted by atomic mass is 9.84. The zero-order valence-corrected chi connectivity index (χ0v) is 48.4. The lowest BCUT2D eigenvalue weighted by molar-refractivity contribution is 0.478. The molecular weight excluding hydrogens is 997 g/mol. The van der Waals surface area contributed by atoms with Crippen LogP contribution in [0.5, 0.6) is 5.75 Å². The smallest absolute Gasteiger partial charge is 0.159 e. The zero-order valence-electron chi connectivity index (χ0n) is 48.4. The number of nitrogens with zero attached hydrogens (tertiary/aromatic N) is 2. The molecule has 0 radical (unpaired) electrons. The largest absolute Gasteiger partial charge is 0.505 e. The molecule has 0 aliphatic carbocycles. The molecule has 4 heteroatoms. The fourth-order valence-corrected chi connectivity index (χ4v) is 13.2. The molecule has 82 heavy (non-hydrogen) atoms. The van der Waals surface area contributed by atoms with Gasteiger partial charge in [-0.2, -0.15) is 0 Å². The summed E-state index contributed by atoms with van der Waals surface area (Å²) in [5.41, 5.74) is 21.7. The molecule has 0 atom stereocenters. The molecule has 12 aromatic carbocycles. The normalized spacial score (nSPS) is 11.9. The lowest BCUT2D eigenvalue weighted by Crippen LogP contribution is -2.13. The Morgan fingerprint density at radius 2 is 0.805 bits per heavy atom. The molecule has 1 aromatic heterocycles. The minimum atomic E-state index is 0.179. The van der Waals surface area contributed by atoms with Gasteiger partial charge in [-0.3, -0.25) is 0 Å². The monoisotopic (exact) mass is 1070 g/mol. The predicted molar refractivity (Wildman–Crippen MR) is 350 cm³/mol. The van der Waals surface area contributed by atoms with E-state index in [0.717, 1.165) is 115 Å². The summed E-state index contributed by atoms with van der Waals surface area (Å²) < 4.78 is 7.35. The van der Waals surface area contributed by atoms with E-state index in [9.17, 15) is 5.11 Å². The second kappa shape index (κ2) is 21.4. The maximum absolute atomic E-state index is 13.1. The van der Waals surface area contributed by atoms with E-state index in [4.69, 9.17) is 4.42 Å². The highest BCUT2D eigenvalue weighted by Gasteiger charge is 2.29. The summed E-state index contributed by atoms with van der Waals surface area (Å²) in [7, 11) is 0. The molecule has 13 aromatic rings. The van der Waals surface area contributed by atoms with Crippen molar-refractivity contribution in [3.05, 3.63) is 246 Å². The van der Waals surface area contributed by atoms with Crippen molar-refractivity contribution >= 4 is 88.4 Å². The van der Waals surface area contributed by atoms with E-state index in [2.05, 4.69) is 278 Å². The van der Waals surface area contributed by atoms with Crippen LogP contribution >= 0.6 is 0 Å². The highest BCUT2D eigenvalue weighted by atomic mass is 16.3. The number of para-hydroxylation sites is 3. The molecule has 0 bridgehead atoms.